The number of carbonyl (C=O) groups excluding carboxylic acids is 1. The summed E-state index contributed by atoms with van der Waals surface area (Å²) in [6, 6.07) is 14.0. The molecule has 2 atom stereocenters. The van der Waals surface area contributed by atoms with Crippen LogP contribution in [-0.4, -0.2) is 31.5 Å². The van der Waals surface area contributed by atoms with Crippen LogP contribution in [0.3, 0.4) is 0 Å². The highest BCUT2D eigenvalue weighted by molar-refractivity contribution is 6.45. The van der Waals surface area contributed by atoms with Gasteiger partial charge in [0.05, 0.1) is 5.71 Å². The minimum atomic E-state index is -0.350. The highest BCUT2D eigenvalue weighted by atomic mass is 19.1. The maximum atomic E-state index is 13.2. The average molecular weight is 411 g/mol. The molecule has 2 aromatic carbocycles. The minimum Gasteiger partial charge on any atom is -0.398 e. The van der Waals surface area contributed by atoms with Crippen LogP contribution >= 0.6 is 0 Å². The number of hydrogen-bond donors (Lipinski definition) is 1. The second-order valence-electron chi connectivity index (χ2n) is 7.55. The van der Waals surface area contributed by atoms with Gasteiger partial charge in [0.25, 0.3) is 5.91 Å². The average Bonchev–Trinajstić information content (AvgIpc) is 3.45. The molecule has 1 aliphatic rings. The summed E-state index contributed by atoms with van der Waals surface area (Å²) >= 11 is 0. The van der Waals surface area contributed by atoms with E-state index in [9.17, 15) is 9.18 Å². The van der Waals surface area contributed by atoms with Crippen LogP contribution in [0.4, 0.5) is 4.39 Å². The molecule has 6 nitrogen and oxygen atoms in total. The van der Waals surface area contributed by atoms with E-state index in [1.807, 2.05) is 37.3 Å². The van der Waals surface area contributed by atoms with Gasteiger partial charge in [-0.25, -0.2) is 4.39 Å². The Morgan fingerprint density at radius 2 is 1.90 bits per heavy atom. The third-order valence-corrected chi connectivity index (χ3v) is 5.57. The predicted octanol–water partition coefficient (Wildman–Crippen LogP) is 3.79. The Kier molecular flexibility index (Phi) is 6.50. The second kappa shape index (κ2) is 9.07. The van der Waals surface area contributed by atoms with Crippen LogP contribution in [0, 0.1) is 11.7 Å². The van der Waals surface area contributed by atoms with E-state index >= 15 is 0 Å². The van der Waals surface area contributed by atoms with Gasteiger partial charge in [0.1, 0.15) is 19.5 Å². The van der Waals surface area contributed by atoms with Gasteiger partial charge < -0.3 is 15.0 Å². The molecule has 1 N–H and O–H groups in total. The Morgan fingerprint density at radius 3 is 2.57 bits per heavy atom. The largest absolute Gasteiger partial charge is 0.398 e. The molecule has 3 rings (SSSR count). The topological polar surface area (TPSA) is 72.3 Å². The van der Waals surface area contributed by atoms with Crippen LogP contribution < -0.4 is 5.32 Å². The molecule has 2 aromatic rings. The highest BCUT2D eigenvalue weighted by Crippen LogP contribution is 2.54. The third kappa shape index (κ3) is 4.50. The summed E-state index contributed by atoms with van der Waals surface area (Å²) in [6.07, 6.45) is 0.940. The second-order valence-corrected chi connectivity index (χ2v) is 7.55. The van der Waals surface area contributed by atoms with Gasteiger partial charge in [-0.2, -0.15) is 0 Å². The SMILES string of the molecule is CNC(=O)C(=NOC)c1ccccc1CON=C(C)C1CC1(C)c1ccc(F)cc1. The normalized spacial score (nSPS) is 21.2. The lowest BCUT2D eigenvalue weighted by atomic mass is 9.94. The molecule has 0 spiro atoms. The monoisotopic (exact) mass is 411 g/mol. The molecule has 0 radical (unpaired) electrons. The lowest BCUT2D eigenvalue weighted by molar-refractivity contribution is -0.114. The van der Waals surface area contributed by atoms with Crippen molar-refractivity contribution in [2.75, 3.05) is 14.2 Å². The van der Waals surface area contributed by atoms with E-state index in [0.717, 1.165) is 23.3 Å². The molecule has 158 valence electrons. The molecule has 1 fully saturated rings. The van der Waals surface area contributed by atoms with Crippen molar-refractivity contribution in [3.05, 3.63) is 71.0 Å². The zero-order valence-electron chi connectivity index (χ0n) is 17.6. The summed E-state index contributed by atoms with van der Waals surface area (Å²) in [6.45, 7) is 4.27. The molecular formula is C23H26FN3O3. The van der Waals surface area contributed by atoms with Gasteiger partial charge in [-0.1, -0.05) is 53.6 Å². The summed E-state index contributed by atoms with van der Waals surface area (Å²) in [5.74, 6) is -0.341. The fourth-order valence-corrected chi connectivity index (χ4v) is 3.69. The molecule has 0 saturated heterocycles. The van der Waals surface area contributed by atoms with E-state index in [-0.39, 0.29) is 35.4 Å². The summed E-state index contributed by atoms with van der Waals surface area (Å²) in [7, 11) is 2.93. The van der Waals surface area contributed by atoms with Crippen molar-refractivity contribution >= 4 is 17.3 Å². The van der Waals surface area contributed by atoms with Crippen LogP contribution in [0.25, 0.3) is 0 Å². The van der Waals surface area contributed by atoms with Crippen molar-refractivity contribution < 1.29 is 18.9 Å². The first-order chi connectivity index (χ1) is 14.4. The summed E-state index contributed by atoms with van der Waals surface area (Å²) in [5.41, 5.74) is 3.49. The number of rotatable bonds is 8. The van der Waals surface area contributed by atoms with E-state index in [1.54, 1.807) is 6.07 Å². The summed E-state index contributed by atoms with van der Waals surface area (Å²) in [5, 5.41) is 10.7. The van der Waals surface area contributed by atoms with E-state index in [2.05, 4.69) is 22.6 Å². The molecule has 2 unspecified atom stereocenters. The number of amides is 1. The number of carbonyl (C=O) groups is 1. The van der Waals surface area contributed by atoms with Crippen molar-refractivity contribution in [2.24, 2.45) is 16.2 Å². The molecule has 0 bridgehead atoms. The molecule has 1 aliphatic carbocycles. The number of halogens is 1. The van der Waals surface area contributed by atoms with Crippen LogP contribution in [0.5, 0.6) is 0 Å². The number of likely N-dealkylation sites (N-methyl/N-ethyl adjacent to an activating group) is 1. The fraction of sp³-hybridized carbons (Fsp3) is 0.348. The van der Waals surface area contributed by atoms with Gasteiger partial charge in [-0.15, -0.1) is 0 Å². The van der Waals surface area contributed by atoms with Crippen LogP contribution in [0.2, 0.25) is 0 Å². The van der Waals surface area contributed by atoms with Crippen LogP contribution in [0.1, 0.15) is 37.0 Å². The first-order valence-electron chi connectivity index (χ1n) is 9.74. The van der Waals surface area contributed by atoms with Gasteiger partial charge in [0.2, 0.25) is 0 Å². The molecule has 1 amide bonds. The smallest absolute Gasteiger partial charge is 0.273 e. The van der Waals surface area contributed by atoms with Gasteiger partial charge >= 0.3 is 0 Å². The molecule has 0 aliphatic heterocycles. The molecule has 7 heteroatoms. The van der Waals surface area contributed by atoms with E-state index in [4.69, 9.17) is 9.68 Å². The predicted molar refractivity (Wildman–Crippen MR) is 114 cm³/mol. The Hall–Kier alpha value is -3.22. The highest BCUT2D eigenvalue weighted by Gasteiger charge is 2.53. The number of nitrogens with one attached hydrogen (secondary N) is 1. The van der Waals surface area contributed by atoms with Crippen LogP contribution in [-0.2, 0) is 26.5 Å². The molecule has 0 heterocycles. The Balaban J connectivity index is 1.70. The summed E-state index contributed by atoms with van der Waals surface area (Å²) in [4.78, 5) is 22.6. The van der Waals surface area contributed by atoms with Crippen molar-refractivity contribution in [2.45, 2.75) is 32.3 Å². The molecule has 0 aromatic heterocycles. The minimum absolute atomic E-state index is 0.0555. The van der Waals surface area contributed by atoms with Crippen LogP contribution in [0.15, 0.2) is 58.8 Å². The lowest BCUT2D eigenvalue weighted by Gasteiger charge is -2.12. The first-order valence-corrected chi connectivity index (χ1v) is 9.74. The molecular weight excluding hydrogens is 385 g/mol. The summed E-state index contributed by atoms with van der Waals surface area (Å²) < 4.78 is 13.2. The number of oxime groups is 2. The first kappa shape index (κ1) is 21.5. The number of nitrogens with zero attached hydrogens (tertiary/aromatic N) is 2. The van der Waals surface area contributed by atoms with E-state index < -0.39 is 0 Å². The van der Waals surface area contributed by atoms with Crippen molar-refractivity contribution in [1.29, 1.82) is 0 Å². The van der Waals surface area contributed by atoms with Gasteiger partial charge in [-0.05, 0) is 31.0 Å². The Morgan fingerprint density at radius 1 is 1.20 bits per heavy atom. The lowest BCUT2D eigenvalue weighted by Crippen LogP contribution is -2.29. The Bertz CT molecular complexity index is 972. The quantitative estimate of drug-likeness (QED) is 0.531. The van der Waals surface area contributed by atoms with Crippen molar-refractivity contribution in [1.82, 2.24) is 5.32 Å². The van der Waals surface area contributed by atoms with Crippen molar-refractivity contribution in [3.8, 4) is 0 Å². The Labute approximate surface area is 175 Å². The van der Waals surface area contributed by atoms with Gasteiger partial charge in [0, 0.05) is 29.5 Å². The maximum absolute atomic E-state index is 13.2. The fourth-order valence-electron chi connectivity index (χ4n) is 3.69. The molecule has 30 heavy (non-hydrogen) atoms. The number of hydrogen-bond acceptors (Lipinski definition) is 5. The standard InChI is InChI=1S/C23H26FN3O3/c1-15(20-13-23(20,2)17-9-11-18(24)12-10-17)26-30-14-16-7-5-6-8-19(16)21(27-29-4)22(28)25-3/h5-12,20H,13-14H2,1-4H3,(H,25,28). The van der Waals surface area contributed by atoms with Gasteiger partial charge in [-0.3, -0.25) is 4.79 Å². The zero-order valence-corrected chi connectivity index (χ0v) is 17.6. The van der Waals surface area contributed by atoms with Crippen molar-refractivity contribution in [3.63, 3.8) is 0 Å². The molecule has 1 saturated carbocycles. The zero-order chi connectivity index (χ0) is 21.7. The third-order valence-electron chi connectivity index (χ3n) is 5.57. The van der Waals surface area contributed by atoms with E-state index in [0.29, 0.717) is 5.56 Å². The maximum Gasteiger partial charge on any atom is 0.273 e. The number of benzene rings is 2. The van der Waals surface area contributed by atoms with E-state index in [1.165, 1.54) is 26.3 Å². The van der Waals surface area contributed by atoms with Gasteiger partial charge in [0.15, 0.2) is 5.71 Å².